The lowest BCUT2D eigenvalue weighted by molar-refractivity contribution is 0.102. The molecule has 116 valence electrons. The number of rotatable bonds is 3. The summed E-state index contributed by atoms with van der Waals surface area (Å²) in [5, 5.41) is 25.8. The van der Waals surface area contributed by atoms with Crippen LogP contribution >= 0.6 is 11.3 Å². The number of carbonyl (C=O) groups is 1. The smallest absolute Gasteiger partial charge is 0.260 e. The predicted octanol–water partition coefficient (Wildman–Crippen LogP) is 2.31. The largest absolute Gasteiger partial charge is 0.306 e. The molecule has 4 rings (SSSR count). The molecular formula is C14H13N7OS. The lowest BCUT2D eigenvalue weighted by Gasteiger charge is -2.03. The average molecular weight is 327 g/mol. The first-order chi connectivity index (χ1) is 11.1. The fourth-order valence-corrected chi connectivity index (χ4v) is 3.23. The summed E-state index contributed by atoms with van der Waals surface area (Å²) in [6.07, 6.45) is 1.52. The molecule has 0 aromatic carbocycles. The summed E-state index contributed by atoms with van der Waals surface area (Å²) in [6, 6.07) is 1.94. The molecule has 4 aromatic rings. The normalized spacial score (nSPS) is 11.2. The van der Waals surface area contributed by atoms with E-state index in [1.165, 1.54) is 6.20 Å². The zero-order chi connectivity index (χ0) is 16.0. The van der Waals surface area contributed by atoms with E-state index >= 15 is 0 Å². The van der Waals surface area contributed by atoms with Crippen molar-refractivity contribution in [1.29, 1.82) is 0 Å². The van der Waals surface area contributed by atoms with Gasteiger partial charge in [-0.15, -0.1) is 0 Å². The summed E-state index contributed by atoms with van der Waals surface area (Å²) in [7, 11) is 1.81. The van der Waals surface area contributed by atoms with E-state index in [2.05, 4.69) is 30.8 Å². The number of aromatic amines is 2. The summed E-state index contributed by atoms with van der Waals surface area (Å²) >= 11 is 1.56. The van der Waals surface area contributed by atoms with E-state index in [1.54, 1.807) is 16.0 Å². The quantitative estimate of drug-likeness (QED) is 0.537. The minimum atomic E-state index is -0.256. The predicted molar refractivity (Wildman–Crippen MR) is 87.5 cm³/mol. The Morgan fingerprint density at radius 1 is 1.39 bits per heavy atom. The van der Waals surface area contributed by atoms with Crippen LogP contribution in [0.3, 0.4) is 0 Å². The van der Waals surface area contributed by atoms with E-state index in [0.717, 1.165) is 16.6 Å². The Kier molecular flexibility index (Phi) is 3.01. The molecule has 0 spiro atoms. The second kappa shape index (κ2) is 5.06. The first-order valence-corrected chi connectivity index (χ1v) is 7.84. The average Bonchev–Trinajstić information content (AvgIpc) is 3.27. The summed E-state index contributed by atoms with van der Waals surface area (Å²) in [5.41, 5.74) is 3.61. The highest BCUT2D eigenvalue weighted by Gasteiger charge is 2.19. The number of aromatic nitrogens is 6. The lowest BCUT2D eigenvalue weighted by atomic mass is 10.1. The molecule has 4 aromatic heterocycles. The Morgan fingerprint density at radius 3 is 3.04 bits per heavy atom. The zero-order valence-corrected chi connectivity index (χ0v) is 13.2. The number of anilines is 1. The Balaban J connectivity index is 1.70. The Bertz CT molecular complexity index is 992. The maximum atomic E-state index is 12.6. The number of nitrogens with one attached hydrogen (secondary N) is 3. The van der Waals surface area contributed by atoms with Crippen molar-refractivity contribution >= 4 is 34.1 Å². The van der Waals surface area contributed by atoms with Crippen molar-refractivity contribution < 1.29 is 4.79 Å². The monoisotopic (exact) mass is 327 g/mol. The van der Waals surface area contributed by atoms with Crippen molar-refractivity contribution in [3.8, 4) is 11.3 Å². The van der Waals surface area contributed by atoms with Crippen molar-refractivity contribution in [2.75, 3.05) is 5.32 Å². The molecule has 9 heteroatoms. The van der Waals surface area contributed by atoms with Gasteiger partial charge in [-0.1, -0.05) is 0 Å². The molecule has 8 nitrogen and oxygen atoms in total. The van der Waals surface area contributed by atoms with Gasteiger partial charge in [0.2, 0.25) is 0 Å². The second-order valence-electron chi connectivity index (χ2n) is 5.13. The molecule has 3 N–H and O–H groups in total. The third-order valence-electron chi connectivity index (χ3n) is 3.65. The zero-order valence-electron chi connectivity index (χ0n) is 12.4. The first-order valence-electron chi connectivity index (χ1n) is 6.90. The summed E-state index contributed by atoms with van der Waals surface area (Å²) in [6.45, 7) is 1.88. The van der Waals surface area contributed by atoms with Crippen molar-refractivity contribution in [2.24, 2.45) is 7.05 Å². The minimum absolute atomic E-state index is 0.256. The fraction of sp³-hybridized carbons (Fsp3) is 0.143. The van der Waals surface area contributed by atoms with Gasteiger partial charge in [0.15, 0.2) is 5.65 Å². The van der Waals surface area contributed by atoms with Crippen LogP contribution in [0.2, 0.25) is 0 Å². The number of hydrogen-bond acceptors (Lipinski definition) is 5. The fourth-order valence-electron chi connectivity index (χ4n) is 2.59. The molecule has 0 aliphatic rings. The molecule has 0 aliphatic carbocycles. The third-order valence-corrected chi connectivity index (χ3v) is 4.33. The molecule has 4 heterocycles. The molecule has 0 radical (unpaired) electrons. The van der Waals surface area contributed by atoms with E-state index in [0.29, 0.717) is 22.7 Å². The van der Waals surface area contributed by atoms with Crippen LogP contribution in [0.5, 0.6) is 0 Å². The maximum absolute atomic E-state index is 12.6. The molecule has 23 heavy (non-hydrogen) atoms. The van der Waals surface area contributed by atoms with Crippen LogP contribution in [0.4, 0.5) is 5.82 Å². The van der Waals surface area contributed by atoms with Gasteiger partial charge in [-0.25, -0.2) is 4.68 Å². The standard InChI is InChI=1S/C14H13N7OS/c1-7-10-12(18-19-13(10)21(2)20-7)16-14(22)9-5-15-17-11(9)8-3-4-23-6-8/h3-6H,1-2H3,(H,15,17)(H2,16,18,19,22). The van der Waals surface area contributed by atoms with E-state index in [9.17, 15) is 4.79 Å². The number of carbonyl (C=O) groups excluding carboxylic acids is 1. The van der Waals surface area contributed by atoms with Crippen LogP contribution in [0.25, 0.3) is 22.3 Å². The number of H-pyrrole nitrogens is 2. The molecular weight excluding hydrogens is 314 g/mol. The molecule has 0 aliphatic heterocycles. The van der Waals surface area contributed by atoms with Crippen LogP contribution < -0.4 is 5.32 Å². The van der Waals surface area contributed by atoms with Gasteiger partial charge in [0.05, 0.1) is 28.5 Å². The maximum Gasteiger partial charge on any atom is 0.260 e. The van der Waals surface area contributed by atoms with Gasteiger partial charge in [-0.2, -0.15) is 26.6 Å². The Morgan fingerprint density at radius 2 is 2.26 bits per heavy atom. The van der Waals surface area contributed by atoms with E-state index < -0.39 is 0 Å². The van der Waals surface area contributed by atoms with Gasteiger partial charge in [0.25, 0.3) is 5.91 Å². The van der Waals surface area contributed by atoms with Crippen molar-refractivity contribution in [1.82, 2.24) is 30.2 Å². The van der Waals surface area contributed by atoms with Gasteiger partial charge in [-0.05, 0) is 18.4 Å². The van der Waals surface area contributed by atoms with Gasteiger partial charge in [0, 0.05) is 18.0 Å². The molecule has 0 unspecified atom stereocenters. The van der Waals surface area contributed by atoms with E-state index in [1.807, 2.05) is 30.8 Å². The van der Waals surface area contributed by atoms with Crippen LogP contribution in [0.1, 0.15) is 16.1 Å². The highest BCUT2D eigenvalue weighted by molar-refractivity contribution is 7.08. The van der Waals surface area contributed by atoms with Crippen LogP contribution in [0, 0.1) is 6.92 Å². The Hall–Kier alpha value is -2.94. The summed E-state index contributed by atoms with van der Waals surface area (Å²) in [5.74, 6) is 0.279. The number of amides is 1. The topological polar surface area (TPSA) is 104 Å². The lowest BCUT2D eigenvalue weighted by Crippen LogP contribution is -2.12. The number of hydrogen-bond donors (Lipinski definition) is 3. The molecule has 0 fully saturated rings. The van der Waals surface area contributed by atoms with E-state index in [-0.39, 0.29) is 5.91 Å². The summed E-state index contributed by atoms with van der Waals surface area (Å²) in [4.78, 5) is 12.6. The highest BCUT2D eigenvalue weighted by atomic mass is 32.1. The third kappa shape index (κ3) is 2.13. The highest BCUT2D eigenvalue weighted by Crippen LogP contribution is 2.26. The Labute approximate surface area is 134 Å². The van der Waals surface area contributed by atoms with Crippen molar-refractivity contribution in [2.45, 2.75) is 6.92 Å². The van der Waals surface area contributed by atoms with Crippen LogP contribution in [-0.4, -0.2) is 36.1 Å². The molecule has 1 amide bonds. The molecule has 0 bridgehead atoms. The molecule has 0 atom stereocenters. The SMILES string of the molecule is Cc1nn(C)c2n[nH]c(NC(=O)c3cn[nH]c3-c3ccsc3)c12. The van der Waals surface area contributed by atoms with E-state index in [4.69, 9.17) is 0 Å². The van der Waals surface area contributed by atoms with Gasteiger partial charge in [-0.3, -0.25) is 15.0 Å². The first kappa shape index (κ1) is 13.7. The number of thiophene rings is 1. The second-order valence-corrected chi connectivity index (χ2v) is 5.91. The summed E-state index contributed by atoms with van der Waals surface area (Å²) < 4.78 is 1.67. The van der Waals surface area contributed by atoms with Gasteiger partial charge >= 0.3 is 0 Å². The number of fused-ring (bicyclic) bond motifs is 1. The number of aryl methyl sites for hydroxylation is 2. The van der Waals surface area contributed by atoms with Crippen molar-refractivity contribution in [3.63, 3.8) is 0 Å². The number of nitrogens with zero attached hydrogens (tertiary/aromatic N) is 4. The van der Waals surface area contributed by atoms with Gasteiger partial charge < -0.3 is 5.32 Å². The van der Waals surface area contributed by atoms with Crippen LogP contribution in [-0.2, 0) is 7.05 Å². The molecule has 0 saturated carbocycles. The van der Waals surface area contributed by atoms with Gasteiger partial charge in [0.1, 0.15) is 5.82 Å². The molecule has 0 saturated heterocycles. The minimum Gasteiger partial charge on any atom is -0.306 e. The van der Waals surface area contributed by atoms with Crippen molar-refractivity contribution in [3.05, 3.63) is 34.3 Å². The van der Waals surface area contributed by atoms with Crippen LogP contribution in [0.15, 0.2) is 23.0 Å².